The summed E-state index contributed by atoms with van der Waals surface area (Å²) >= 11 is 0. The van der Waals surface area contributed by atoms with Crippen LogP contribution < -0.4 is 9.47 Å². The zero-order chi connectivity index (χ0) is 13.4. The molecule has 0 saturated carbocycles. The topological polar surface area (TPSA) is 21.7 Å². The molecule has 102 valence electrons. The molecule has 3 nitrogen and oxygen atoms in total. The molecular weight excluding hydrogens is 238 g/mol. The third kappa shape index (κ3) is 2.02. The Hall–Kier alpha value is -1.48. The molecule has 3 heteroatoms. The number of methoxy groups -OCH3 is 2. The van der Waals surface area contributed by atoms with Gasteiger partial charge in [0.1, 0.15) is 11.5 Å². The maximum absolute atomic E-state index is 5.55. The van der Waals surface area contributed by atoms with E-state index in [9.17, 15) is 0 Å². The second-order valence-electron chi connectivity index (χ2n) is 5.40. The lowest BCUT2D eigenvalue weighted by Crippen LogP contribution is -2.38. The van der Waals surface area contributed by atoms with Crippen LogP contribution in [0.3, 0.4) is 0 Å². The third-order valence-electron chi connectivity index (χ3n) is 4.56. The number of hydrogen-bond acceptors (Lipinski definition) is 3. The largest absolute Gasteiger partial charge is 0.497 e. The number of benzene rings is 1. The maximum atomic E-state index is 5.55. The highest BCUT2D eigenvalue weighted by Crippen LogP contribution is 2.42. The van der Waals surface area contributed by atoms with Crippen molar-refractivity contribution in [3.63, 3.8) is 0 Å². The van der Waals surface area contributed by atoms with Crippen molar-refractivity contribution >= 4 is 0 Å². The van der Waals surface area contributed by atoms with Gasteiger partial charge in [-0.15, -0.1) is 0 Å². The van der Waals surface area contributed by atoms with Gasteiger partial charge in [0.2, 0.25) is 0 Å². The Kier molecular flexibility index (Phi) is 3.23. The number of fused-ring (bicyclic) bond motifs is 2. The molecule has 1 saturated heterocycles. The van der Waals surface area contributed by atoms with Crippen molar-refractivity contribution in [3.8, 4) is 11.5 Å². The van der Waals surface area contributed by atoms with E-state index in [1.54, 1.807) is 14.2 Å². The monoisotopic (exact) mass is 259 g/mol. The molecule has 0 aliphatic carbocycles. The van der Waals surface area contributed by atoms with E-state index < -0.39 is 0 Å². The van der Waals surface area contributed by atoms with E-state index in [0.717, 1.165) is 11.5 Å². The zero-order valence-corrected chi connectivity index (χ0v) is 11.8. The lowest BCUT2D eigenvalue weighted by molar-refractivity contribution is 0.239. The molecule has 3 unspecified atom stereocenters. The van der Waals surface area contributed by atoms with Crippen molar-refractivity contribution in [2.45, 2.75) is 30.8 Å². The van der Waals surface area contributed by atoms with Gasteiger partial charge in [-0.1, -0.05) is 18.2 Å². The summed E-state index contributed by atoms with van der Waals surface area (Å²) in [5, 5.41) is 0. The Morgan fingerprint density at radius 3 is 2.68 bits per heavy atom. The number of ether oxygens (including phenoxy) is 2. The van der Waals surface area contributed by atoms with Gasteiger partial charge in [0.25, 0.3) is 0 Å². The van der Waals surface area contributed by atoms with E-state index in [2.05, 4.69) is 30.2 Å². The van der Waals surface area contributed by atoms with Crippen LogP contribution in [0.4, 0.5) is 0 Å². The summed E-state index contributed by atoms with van der Waals surface area (Å²) in [5.74, 6) is 2.19. The fraction of sp³-hybridized carbons (Fsp3) is 0.500. The second-order valence-corrected chi connectivity index (χ2v) is 5.40. The average Bonchev–Trinajstić information content (AvgIpc) is 2.68. The molecule has 1 aromatic rings. The van der Waals surface area contributed by atoms with E-state index >= 15 is 0 Å². The molecule has 0 spiro atoms. The van der Waals surface area contributed by atoms with Crippen molar-refractivity contribution in [1.29, 1.82) is 0 Å². The summed E-state index contributed by atoms with van der Waals surface area (Å²) in [6.45, 7) is 0. The van der Waals surface area contributed by atoms with Gasteiger partial charge >= 0.3 is 0 Å². The van der Waals surface area contributed by atoms with Gasteiger partial charge in [0.15, 0.2) is 0 Å². The summed E-state index contributed by atoms with van der Waals surface area (Å²) in [6.07, 6.45) is 7.23. The molecule has 3 rings (SSSR count). The molecule has 0 aromatic heterocycles. The lowest BCUT2D eigenvalue weighted by atomic mass is 9.88. The Balaban J connectivity index is 1.98. The first kappa shape index (κ1) is 12.5. The summed E-state index contributed by atoms with van der Waals surface area (Å²) in [5.41, 5.74) is 1.26. The van der Waals surface area contributed by atoms with Gasteiger partial charge in [-0.2, -0.15) is 0 Å². The lowest BCUT2D eigenvalue weighted by Gasteiger charge is -2.34. The Labute approximate surface area is 114 Å². The average molecular weight is 259 g/mol. The molecule has 1 aromatic carbocycles. The molecule has 3 atom stereocenters. The normalized spacial score (nSPS) is 29.5. The van der Waals surface area contributed by atoms with Gasteiger partial charge in [-0.25, -0.2) is 0 Å². The van der Waals surface area contributed by atoms with Gasteiger partial charge in [-0.3, -0.25) is 4.90 Å². The number of nitrogens with zero attached hydrogens (tertiary/aromatic N) is 1. The molecule has 2 bridgehead atoms. The van der Waals surface area contributed by atoms with Crippen LogP contribution >= 0.6 is 0 Å². The molecule has 2 aliphatic rings. The van der Waals surface area contributed by atoms with Gasteiger partial charge in [0, 0.05) is 29.6 Å². The molecule has 0 N–H and O–H groups in total. The summed E-state index contributed by atoms with van der Waals surface area (Å²) in [4.78, 5) is 2.49. The van der Waals surface area contributed by atoms with Crippen molar-refractivity contribution in [3.05, 3.63) is 35.9 Å². The van der Waals surface area contributed by atoms with Crippen LogP contribution in [0.25, 0.3) is 0 Å². The SMILES string of the molecule is COc1ccc(C2C=CC3CCC2N3C)c(OC)c1. The minimum absolute atomic E-state index is 0.421. The van der Waals surface area contributed by atoms with E-state index in [1.807, 2.05) is 12.1 Å². The van der Waals surface area contributed by atoms with Gasteiger partial charge in [-0.05, 0) is 26.0 Å². The third-order valence-corrected chi connectivity index (χ3v) is 4.56. The van der Waals surface area contributed by atoms with Crippen LogP contribution in [0.5, 0.6) is 11.5 Å². The zero-order valence-electron chi connectivity index (χ0n) is 11.8. The van der Waals surface area contributed by atoms with Crippen LogP contribution in [0.2, 0.25) is 0 Å². The maximum Gasteiger partial charge on any atom is 0.126 e. The smallest absolute Gasteiger partial charge is 0.126 e. The van der Waals surface area contributed by atoms with E-state index in [4.69, 9.17) is 9.47 Å². The summed E-state index contributed by atoms with van der Waals surface area (Å²) in [7, 11) is 5.64. The molecule has 2 aliphatic heterocycles. The van der Waals surface area contributed by atoms with Gasteiger partial charge < -0.3 is 9.47 Å². The number of rotatable bonds is 3. The predicted molar refractivity (Wildman–Crippen MR) is 76.0 cm³/mol. The van der Waals surface area contributed by atoms with Crippen molar-refractivity contribution < 1.29 is 9.47 Å². The van der Waals surface area contributed by atoms with Crippen molar-refractivity contribution in [2.75, 3.05) is 21.3 Å². The molecule has 2 heterocycles. The second kappa shape index (κ2) is 4.89. The first-order valence-corrected chi connectivity index (χ1v) is 6.86. The highest BCUT2D eigenvalue weighted by molar-refractivity contribution is 5.46. The highest BCUT2D eigenvalue weighted by Gasteiger charge is 2.38. The first-order valence-electron chi connectivity index (χ1n) is 6.86. The van der Waals surface area contributed by atoms with Gasteiger partial charge in [0.05, 0.1) is 14.2 Å². The quantitative estimate of drug-likeness (QED) is 0.779. The summed E-state index contributed by atoms with van der Waals surface area (Å²) in [6, 6.07) is 7.36. The standard InChI is InChI=1S/C16H21NO2/c1-17-11-4-7-13(15(17)9-5-11)14-8-6-12(18-2)10-16(14)19-3/h4,6-8,10-11,13,15H,5,9H2,1-3H3. The van der Waals surface area contributed by atoms with E-state index in [1.165, 1.54) is 18.4 Å². The van der Waals surface area contributed by atoms with Crippen molar-refractivity contribution in [1.82, 2.24) is 4.90 Å². The fourth-order valence-electron chi connectivity index (χ4n) is 3.44. The van der Waals surface area contributed by atoms with E-state index in [-0.39, 0.29) is 0 Å². The van der Waals surface area contributed by atoms with Crippen LogP contribution in [-0.2, 0) is 0 Å². The Bertz CT molecular complexity index is 498. The van der Waals surface area contributed by atoms with E-state index in [0.29, 0.717) is 18.0 Å². The van der Waals surface area contributed by atoms with Crippen LogP contribution in [-0.4, -0.2) is 38.3 Å². The number of hydrogen-bond donors (Lipinski definition) is 0. The number of likely N-dealkylation sites (N-methyl/N-ethyl adjacent to an activating group) is 1. The van der Waals surface area contributed by atoms with Crippen LogP contribution in [0.15, 0.2) is 30.4 Å². The first-order chi connectivity index (χ1) is 9.24. The molecular formula is C16H21NO2. The highest BCUT2D eigenvalue weighted by atomic mass is 16.5. The van der Waals surface area contributed by atoms with Crippen LogP contribution in [0, 0.1) is 0 Å². The molecule has 19 heavy (non-hydrogen) atoms. The molecule has 1 fully saturated rings. The minimum Gasteiger partial charge on any atom is -0.497 e. The van der Waals surface area contributed by atoms with Crippen molar-refractivity contribution in [2.24, 2.45) is 0 Å². The van der Waals surface area contributed by atoms with Crippen LogP contribution in [0.1, 0.15) is 24.3 Å². The Morgan fingerprint density at radius 2 is 1.95 bits per heavy atom. The Morgan fingerprint density at radius 1 is 1.11 bits per heavy atom. The molecule has 0 radical (unpaired) electrons. The molecule has 0 amide bonds. The fourth-order valence-corrected chi connectivity index (χ4v) is 3.44. The predicted octanol–water partition coefficient (Wildman–Crippen LogP) is 2.82. The summed E-state index contributed by atoms with van der Waals surface area (Å²) < 4.78 is 10.8. The minimum atomic E-state index is 0.421.